The molecule has 1 heterocycles. The van der Waals surface area contributed by atoms with Crippen molar-refractivity contribution in [1.29, 1.82) is 0 Å². The summed E-state index contributed by atoms with van der Waals surface area (Å²) in [7, 11) is 0. The van der Waals surface area contributed by atoms with E-state index in [0.717, 1.165) is 33.3 Å². The van der Waals surface area contributed by atoms with Crippen LogP contribution in [0, 0.1) is 6.92 Å². The van der Waals surface area contributed by atoms with Gasteiger partial charge in [0.25, 0.3) is 0 Å². The number of unbranched alkanes of at least 4 members (excludes halogenated alkanes) is 1. The molecule has 0 aliphatic carbocycles. The van der Waals surface area contributed by atoms with Gasteiger partial charge in [-0.2, -0.15) is 5.10 Å². The van der Waals surface area contributed by atoms with Gasteiger partial charge in [0.1, 0.15) is 5.01 Å². The average Bonchev–Trinajstić information content (AvgIpc) is 2.93. The number of aryl methyl sites for hydroxylation is 2. The van der Waals surface area contributed by atoms with Crippen molar-refractivity contribution in [3.05, 3.63) is 40.4 Å². The predicted molar refractivity (Wildman–Crippen MR) is 98.9 cm³/mol. The lowest BCUT2D eigenvalue weighted by atomic mass is 10.1. The standard InChI is InChI=1S/C17H23N5S/c1-4-5-6-13-7-9-14(10-8-13)16-20-11(2)15(23-16)12(3)21-22-17(18)19/h7-10H,4-6H2,1-3H3,(H4,18,19,22)/b21-12-. The van der Waals surface area contributed by atoms with E-state index in [2.05, 4.69) is 46.4 Å². The Kier molecular flexibility index (Phi) is 5.87. The van der Waals surface area contributed by atoms with Gasteiger partial charge in [-0.1, -0.05) is 37.6 Å². The van der Waals surface area contributed by atoms with E-state index in [1.54, 1.807) is 11.3 Å². The van der Waals surface area contributed by atoms with Crippen molar-refractivity contribution in [1.82, 2.24) is 4.98 Å². The number of rotatable bonds is 6. The van der Waals surface area contributed by atoms with Crippen molar-refractivity contribution in [2.45, 2.75) is 40.0 Å². The van der Waals surface area contributed by atoms with Gasteiger partial charge in [-0.05, 0) is 32.3 Å². The number of nitrogens with two attached hydrogens (primary N) is 2. The minimum atomic E-state index is -0.0468. The van der Waals surface area contributed by atoms with E-state index in [1.807, 2.05) is 13.8 Å². The monoisotopic (exact) mass is 329 g/mol. The molecule has 6 heteroatoms. The molecule has 1 aromatic carbocycles. The van der Waals surface area contributed by atoms with Crippen molar-refractivity contribution in [2.75, 3.05) is 0 Å². The Bertz CT molecular complexity index is 709. The van der Waals surface area contributed by atoms with E-state index >= 15 is 0 Å². The average molecular weight is 329 g/mol. The summed E-state index contributed by atoms with van der Waals surface area (Å²) in [4.78, 5) is 5.65. The molecule has 0 unspecified atom stereocenters. The Morgan fingerprint density at radius 2 is 1.87 bits per heavy atom. The molecule has 0 aliphatic rings. The van der Waals surface area contributed by atoms with Gasteiger partial charge >= 0.3 is 0 Å². The number of aromatic nitrogens is 1. The zero-order valence-electron chi connectivity index (χ0n) is 13.8. The molecule has 122 valence electrons. The molecule has 2 aromatic rings. The van der Waals surface area contributed by atoms with E-state index in [1.165, 1.54) is 18.4 Å². The molecule has 0 atom stereocenters. The van der Waals surface area contributed by atoms with Crippen LogP contribution in [-0.2, 0) is 6.42 Å². The SMILES string of the molecule is CCCCc1ccc(-c2nc(C)c(/C(C)=N\N=C(N)N)s2)cc1. The minimum Gasteiger partial charge on any atom is -0.369 e. The molecule has 0 aliphatic heterocycles. The van der Waals surface area contributed by atoms with Crippen LogP contribution in [0.4, 0.5) is 0 Å². The third-order valence-electron chi connectivity index (χ3n) is 3.46. The molecule has 0 amide bonds. The molecule has 0 spiro atoms. The molecule has 4 N–H and O–H groups in total. The van der Waals surface area contributed by atoms with Crippen molar-refractivity contribution < 1.29 is 0 Å². The predicted octanol–water partition coefficient (Wildman–Crippen LogP) is 3.46. The fraction of sp³-hybridized carbons (Fsp3) is 0.353. The Morgan fingerprint density at radius 3 is 2.48 bits per heavy atom. The van der Waals surface area contributed by atoms with Crippen molar-refractivity contribution in [2.24, 2.45) is 21.7 Å². The molecule has 0 saturated carbocycles. The molecule has 1 aromatic heterocycles. The van der Waals surface area contributed by atoms with Gasteiger partial charge in [0.05, 0.1) is 16.3 Å². The van der Waals surface area contributed by atoms with Crippen molar-refractivity contribution in [3.8, 4) is 10.6 Å². The summed E-state index contributed by atoms with van der Waals surface area (Å²) in [5.41, 5.74) is 14.8. The number of thiazole rings is 1. The molecule has 0 saturated heterocycles. The summed E-state index contributed by atoms with van der Waals surface area (Å²) in [6.07, 6.45) is 3.56. The van der Waals surface area contributed by atoms with E-state index < -0.39 is 0 Å². The first-order valence-corrected chi connectivity index (χ1v) is 8.53. The molecule has 5 nitrogen and oxygen atoms in total. The number of nitrogens with zero attached hydrogens (tertiary/aromatic N) is 3. The highest BCUT2D eigenvalue weighted by molar-refractivity contribution is 7.17. The first kappa shape index (κ1) is 17.1. The van der Waals surface area contributed by atoms with E-state index in [9.17, 15) is 0 Å². The van der Waals surface area contributed by atoms with E-state index in [-0.39, 0.29) is 5.96 Å². The lowest BCUT2D eigenvalue weighted by Gasteiger charge is -2.01. The molecule has 2 rings (SSSR count). The Balaban J connectivity index is 2.23. The molecule has 0 bridgehead atoms. The van der Waals surface area contributed by atoms with Crippen LogP contribution in [-0.4, -0.2) is 16.7 Å². The minimum absolute atomic E-state index is 0.0468. The topological polar surface area (TPSA) is 89.6 Å². The quantitative estimate of drug-likeness (QED) is 0.483. The van der Waals surface area contributed by atoms with Crippen LogP contribution in [0.15, 0.2) is 34.5 Å². The van der Waals surface area contributed by atoms with Gasteiger partial charge in [-0.25, -0.2) is 4.98 Å². The number of hydrogen-bond donors (Lipinski definition) is 2. The second-order valence-electron chi connectivity index (χ2n) is 5.44. The molecule has 23 heavy (non-hydrogen) atoms. The number of hydrogen-bond acceptors (Lipinski definition) is 4. The maximum absolute atomic E-state index is 5.31. The van der Waals surface area contributed by atoms with Gasteiger partial charge in [-0.3, -0.25) is 0 Å². The fourth-order valence-electron chi connectivity index (χ4n) is 2.23. The molecular formula is C17H23N5S. The highest BCUT2D eigenvalue weighted by Crippen LogP contribution is 2.28. The van der Waals surface area contributed by atoms with Crippen LogP contribution >= 0.6 is 11.3 Å². The second-order valence-corrected chi connectivity index (χ2v) is 6.44. The maximum atomic E-state index is 5.31. The third-order valence-corrected chi connectivity index (χ3v) is 4.78. The summed E-state index contributed by atoms with van der Waals surface area (Å²) < 4.78 is 0. The zero-order chi connectivity index (χ0) is 16.8. The van der Waals surface area contributed by atoms with Crippen LogP contribution < -0.4 is 11.5 Å². The van der Waals surface area contributed by atoms with Crippen LogP contribution in [0.5, 0.6) is 0 Å². The van der Waals surface area contributed by atoms with Gasteiger partial charge in [0.15, 0.2) is 0 Å². The fourth-order valence-corrected chi connectivity index (χ4v) is 3.24. The Hall–Kier alpha value is -2.21. The first-order chi connectivity index (χ1) is 11.0. The second kappa shape index (κ2) is 7.87. The molecule has 0 radical (unpaired) electrons. The lowest BCUT2D eigenvalue weighted by molar-refractivity contribution is 0.795. The van der Waals surface area contributed by atoms with E-state index in [4.69, 9.17) is 11.5 Å². The summed E-state index contributed by atoms with van der Waals surface area (Å²) in [5, 5.41) is 8.72. The third kappa shape index (κ3) is 4.63. The van der Waals surface area contributed by atoms with Gasteiger partial charge in [0, 0.05) is 5.56 Å². The Labute approximate surface area is 141 Å². The maximum Gasteiger partial charge on any atom is 0.211 e. The normalized spacial score (nSPS) is 11.5. The summed E-state index contributed by atoms with van der Waals surface area (Å²) in [6.45, 7) is 6.06. The van der Waals surface area contributed by atoms with Gasteiger partial charge < -0.3 is 11.5 Å². The lowest BCUT2D eigenvalue weighted by Crippen LogP contribution is -2.22. The summed E-state index contributed by atoms with van der Waals surface area (Å²) in [6, 6.07) is 8.63. The van der Waals surface area contributed by atoms with Gasteiger partial charge in [0.2, 0.25) is 5.96 Å². The van der Waals surface area contributed by atoms with Crippen LogP contribution in [0.1, 0.15) is 42.8 Å². The highest BCUT2D eigenvalue weighted by atomic mass is 32.1. The smallest absolute Gasteiger partial charge is 0.211 e. The van der Waals surface area contributed by atoms with Crippen LogP contribution in [0.25, 0.3) is 10.6 Å². The largest absolute Gasteiger partial charge is 0.369 e. The first-order valence-electron chi connectivity index (χ1n) is 7.71. The van der Waals surface area contributed by atoms with Crippen LogP contribution in [0.3, 0.4) is 0 Å². The molecular weight excluding hydrogens is 306 g/mol. The summed E-state index contributed by atoms with van der Waals surface area (Å²) >= 11 is 1.60. The van der Waals surface area contributed by atoms with Crippen molar-refractivity contribution >= 4 is 23.0 Å². The Morgan fingerprint density at radius 1 is 1.17 bits per heavy atom. The summed E-state index contributed by atoms with van der Waals surface area (Å²) in [5.74, 6) is -0.0468. The van der Waals surface area contributed by atoms with Crippen molar-refractivity contribution in [3.63, 3.8) is 0 Å². The van der Waals surface area contributed by atoms with Gasteiger partial charge in [-0.15, -0.1) is 16.4 Å². The number of guanidine groups is 1. The van der Waals surface area contributed by atoms with Crippen LogP contribution in [0.2, 0.25) is 0 Å². The zero-order valence-corrected chi connectivity index (χ0v) is 14.7. The molecule has 0 fully saturated rings. The van der Waals surface area contributed by atoms with E-state index in [0.29, 0.717) is 0 Å². The highest BCUT2D eigenvalue weighted by Gasteiger charge is 2.12. The number of benzene rings is 1.